The summed E-state index contributed by atoms with van der Waals surface area (Å²) in [6, 6.07) is 4.03. The molecule has 1 aromatic carbocycles. The van der Waals surface area contributed by atoms with Gasteiger partial charge in [0.2, 0.25) is 0 Å². The fourth-order valence-corrected chi connectivity index (χ4v) is 4.10. The molecule has 3 fully saturated rings. The topological polar surface area (TPSA) is 76.1 Å². The summed E-state index contributed by atoms with van der Waals surface area (Å²) in [5, 5.41) is 6.30. The number of aromatic nitrogens is 2. The fraction of sp³-hybridized carbons (Fsp3) is 0.421. The van der Waals surface area contributed by atoms with Crippen LogP contribution in [0.5, 0.6) is 5.75 Å². The fourth-order valence-electron chi connectivity index (χ4n) is 3.98. The average molecular weight is 409 g/mol. The molecule has 0 radical (unpaired) electrons. The quantitative estimate of drug-likeness (QED) is 0.732. The first-order valence-electron chi connectivity index (χ1n) is 8.91. The number of carbonyl (C=O) groups excluding carboxylic acids is 1. The normalized spacial score (nSPS) is 25.9. The van der Waals surface area contributed by atoms with Gasteiger partial charge >= 0.3 is 0 Å². The summed E-state index contributed by atoms with van der Waals surface area (Å²) in [5.41, 5.74) is -0.0442. The molecule has 3 saturated carbocycles. The number of hydrogen-bond acceptors (Lipinski definition) is 5. The lowest BCUT2D eigenvalue weighted by Crippen LogP contribution is -2.81. The Kier molecular flexibility index (Phi) is 4.61. The Labute approximate surface area is 165 Å². The van der Waals surface area contributed by atoms with Gasteiger partial charge in [0.05, 0.1) is 23.1 Å². The highest BCUT2D eigenvalue weighted by atomic mass is 35.5. The maximum absolute atomic E-state index is 13.4. The van der Waals surface area contributed by atoms with E-state index < -0.39 is 12.0 Å². The lowest BCUT2D eigenvalue weighted by Gasteiger charge is -2.70. The van der Waals surface area contributed by atoms with E-state index in [4.69, 9.17) is 16.3 Å². The van der Waals surface area contributed by atoms with E-state index in [1.54, 1.807) is 0 Å². The Morgan fingerprint density at radius 2 is 2.04 bits per heavy atom. The highest BCUT2D eigenvalue weighted by Crippen LogP contribution is 2.61. The third-order valence-electron chi connectivity index (χ3n) is 5.17. The molecule has 3 aliphatic rings. The second-order valence-corrected chi connectivity index (χ2v) is 7.98. The van der Waals surface area contributed by atoms with Crippen LogP contribution < -0.4 is 15.4 Å². The molecule has 6 nitrogen and oxygen atoms in total. The SMILES string of the molecule is CC(F)c1cnc(NC23CC(NC(=O)COc4ccc(Cl)c(F)c4)(C2)C3)cn1. The van der Waals surface area contributed by atoms with Gasteiger partial charge in [-0.25, -0.2) is 13.8 Å². The van der Waals surface area contributed by atoms with E-state index in [-0.39, 0.29) is 34.4 Å². The maximum Gasteiger partial charge on any atom is 0.258 e. The van der Waals surface area contributed by atoms with Crippen molar-refractivity contribution in [3.63, 3.8) is 0 Å². The van der Waals surface area contributed by atoms with Gasteiger partial charge in [0, 0.05) is 17.1 Å². The Hall–Kier alpha value is -2.48. The van der Waals surface area contributed by atoms with Gasteiger partial charge in [0.1, 0.15) is 23.6 Å². The molecule has 1 heterocycles. The van der Waals surface area contributed by atoms with E-state index >= 15 is 0 Å². The number of nitrogens with one attached hydrogen (secondary N) is 2. The highest BCUT2D eigenvalue weighted by Gasteiger charge is 2.68. The van der Waals surface area contributed by atoms with Crippen molar-refractivity contribution in [2.24, 2.45) is 0 Å². The van der Waals surface area contributed by atoms with Crippen LogP contribution in [0.2, 0.25) is 5.02 Å². The number of hydrogen-bond donors (Lipinski definition) is 2. The molecule has 5 rings (SSSR count). The highest BCUT2D eigenvalue weighted by molar-refractivity contribution is 6.30. The van der Waals surface area contributed by atoms with E-state index in [0.717, 1.165) is 25.3 Å². The molecule has 2 aromatic rings. The Bertz CT molecular complexity index is 888. The summed E-state index contributed by atoms with van der Waals surface area (Å²) in [7, 11) is 0. The molecule has 0 spiro atoms. The number of benzene rings is 1. The summed E-state index contributed by atoms with van der Waals surface area (Å²) >= 11 is 5.61. The summed E-state index contributed by atoms with van der Waals surface area (Å²) < 4.78 is 31.9. The standard InChI is InChI=1S/C19H19ClF2N4O2/c1-11(21)15-5-24-16(6-23-15)25-18-8-19(9-18,10-18)26-17(27)7-28-12-2-3-13(20)14(22)4-12/h2-6,11H,7-10H2,1H3,(H,24,25)(H,26,27). The molecule has 148 valence electrons. The zero-order chi connectivity index (χ0) is 19.9. The van der Waals surface area contributed by atoms with Crippen LogP contribution in [0.25, 0.3) is 0 Å². The van der Waals surface area contributed by atoms with Gasteiger partial charge < -0.3 is 15.4 Å². The molecule has 1 atom stereocenters. The lowest BCUT2D eigenvalue weighted by atomic mass is 9.44. The van der Waals surface area contributed by atoms with Gasteiger partial charge in [-0.2, -0.15) is 0 Å². The van der Waals surface area contributed by atoms with E-state index in [9.17, 15) is 13.6 Å². The Morgan fingerprint density at radius 1 is 1.29 bits per heavy atom. The molecule has 28 heavy (non-hydrogen) atoms. The number of carbonyl (C=O) groups is 1. The van der Waals surface area contributed by atoms with E-state index in [1.807, 2.05) is 0 Å². The minimum Gasteiger partial charge on any atom is -0.484 e. The molecule has 1 unspecified atom stereocenters. The molecular weight excluding hydrogens is 390 g/mol. The third-order valence-corrected chi connectivity index (χ3v) is 5.48. The second-order valence-electron chi connectivity index (χ2n) is 7.57. The van der Waals surface area contributed by atoms with Gasteiger partial charge in [-0.3, -0.25) is 9.78 Å². The molecule has 3 aliphatic carbocycles. The number of ether oxygens (including phenoxy) is 1. The van der Waals surface area contributed by atoms with Crippen molar-refractivity contribution in [2.75, 3.05) is 11.9 Å². The van der Waals surface area contributed by atoms with Crippen LogP contribution in [0.15, 0.2) is 30.6 Å². The molecule has 0 aliphatic heterocycles. The number of alkyl halides is 1. The van der Waals surface area contributed by atoms with Crippen molar-refractivity contribution in [1.29, 1.82) is 0 Å². The van der Waals surface area contributed by atoms with Crippen LogP contribution in [0.3, 0.4) is 0 Å². The number of halogens is 3. The molecule has 2 bridgehead atoms. The van der Waals surface area contributed by atoms with Crippen molar-refractivity contribution in [2.45, 2.75) is 43.4 Å². The van der Waals surface area contributed by atoms with Gasteiger partial charge in [0.15, 0.2) is 6.61 Å². The second kappa shape index (κ2) is 6.84. The van der Waals surface area contributed by atoms with Crippen molar-refractivity contribution in [3.05, 3.63) is 47.1 Å². The maximum atomic E-state index is 13.4. The molecule has 2 N–H and O–H groups in total. The predicted molar refractivity (Wildman–Crippen MR) is 99.5 cm³/mol. The van der Waals surface area contributed by atoms with Crippen LogP contribution in [-0.4, -0.2) is 33.6 Å². The van der Waals surface area contributed by atoms with Crippen LogP contribution in [0.4, 0.5) is 14.6 Å². The monoisotopic (exact) mass is 408 g/mol. The van der Waals surface area contributed by atoms with Crippen LogP contribution in [0, 0.1) is 5.82 Å². The lowest BCUT2D eigenvalue weighted by molar-refractivity contribution is -0.135. The number of rotatable bonds is 7. The third kappa shape index (κ3) is 3.61. The zero-order valence-corrected chi connectivity index (χ0v) is 15.9. The summed E-state index contributed by atoms with van der Waals surface area (Å²) in [6.45, 7) is 1.22. The van der Waals surface area contributed by atoms with E-state index in [0.29, 0.717) is 11.5 Å². The molecular formula is C19H19ClF2N4O2. The largest absolute Gasteiger partial charge is 0.484 e. The Morgan fingerprint density at radius 3 is 2.64 bits per heavy atom. The first kappa shape index (κ1) is 18.9. The minimum absolute atomic E-state index is 0.00185. The van der Waals surface area contributed by atoms with Gasteiger partial charge in [-0.05, 0) is 38.3 Å². The van der Waals surface area contributed by atoms with Crippen LogP contribution in [-0.2, 0) is 4.79 Å². The molecule has 1 aromatic heterocycles. The average Bonchev–Trinajstić information content (AvgIpc) is 2.60. The number of amides is 1. The summed E-state index contributed by atoms with van der Waals surface area (Å²) in [6.07, 6.45) is 4.10. The van der Waals surface area contributed by atoms with Crippen LogP contribution in [0.1, 0.15) is 38.1 Å². The summed E-state index contributed by atoms with van der Waals surface area (Å²) in [4.78, 5) is 20.4. The minimum atomic E-state index is -1.15. The van der Waals surface area contributed by atoms with Crippen molar-refractivity contribution >= 4 is 23.3 Å². The first-order valence-corrected chi connectivity index (χ1v) is 9.29. The summed E-state index contributed by atoms with van der Waals surface area (Å²) in [5.74, 6) is -0.0108. The Balaban J connectivity index is 1.24. The van der Waals surface area contributed by atoms with Gasteiger partial charge in [0.25, 0.3) is 5.91 Å². The molecule has 0 saturated heterocycles. The van der Waals surface area contributed by atoms with E-state index in [1.165, 1.54) is 31.5 Å². The van der Waals surface area contributed by atoms with Crippen molar-refractivity contribution in [3.8, 4) is 5.75 Å². The van der Waals surface area contributed by atoms with E-state index in [2.05, 4.69) is 20.6 Å². The molecule has 1 amide bonds. The smallest absolute Gasteiger partial charge is 0.258 e. The van der Waals surface area contributed by atoms with Crippen LogP contribution >= 0.6 is 11.6 Å². The van der Waals surface area contributed by atoms with Gasteiger partial charge in [-0.15, -0.1) is 0 Å². The van der Waals surface area contributed by atoms with Gasteiger partial charge in [-0.1, -0.05) is 11.6 Å². The zero-order valence-electron chi connectivity index (χ0n) is 15.1. The van der Waals surface area contributed by atoms with Crippen molar-refractivity contribution < 1.29 is 18.3 Å². The number of nitrogens with zero attached hydrogens (tertiary/aromatic N) is 2. The predicted octanol–water partition coefficient (Wildman–Crippen LogP) is 3.58. The first-order chi connectivity index (χ1) is 13.3. The van der Waals surface area contributed by atoms with Crippen molar-refractivity contribution in [1.82, 2.24) is 15.3 Å². The number of anilines is 1. The molecule has 9 heteroatoms.